The number of hydrogen-bond acceptors (Lipinski definition) is 2. The van der Waals surface area contributed by atoms with Gasteiger partial charge in [0.25, 0.3) is 0 Å². The van der Waals surface area contributed by atoms with Gasteiger partial charge >= 0.3 is 0 Å². The third-order valence-electron chi connectivity index (χ3n) is 2.71. The van der Waals surface area contributed by atoms with Crippen LogP contribution in [0.2, 0.25) is 0 Å². The highest BCUT2D eigenvalue weighted by molar-refractivity contribution is 9.11. The Bertz CT molecular complexity index is 174. The van der Waals surface area contributed by atoms with E-state index in [1.807, 2.05) is 0 Å². The molecule has 0 atom stereocenters. The fourth-order valence-corrected chi connectivity index (χ4v) is 2.09. The number of piperidine rings is 1. The van der Waals surface area contributed by atoms with E-state index in [0.717, 1.165) is 11.0 Å². The monoisotopic (exact) mass is 260 g/mol. The molecule has 0 aromatic rings. The Balaban J connectivity index is 2.12. The van der Waals surface area contributed by atoms with E-state index in [9.17, 15) is 0 Å². The molecule has 1 saturated heterocycles. The molecular formula is C11H21BrN2. The van der Waals surface area contributed by atoms with Gasteiger partial charge in [0.2, 0.25) is 0 Å². The summed E-state index contributed by atoms with van der Waals surface area (Å²) in [6.45, 7) is 10.7. The molecule has 0 aromatic heterocycles. The van der Waals surface area contributed by atoms with Gasteiger partial charge in [0.1, 0.15) is 0 Å². The molecule has 14 heavy (non-hydrogen) atoms. The first-order valence-electron chi connectivity index (χ1n) is 5.51. The van der Waals surface area contributed by atoms with Crippen molar-refractivity contribution in [2.24, 2.45) is 0 Å². The predicted molar refractivity (Wildman–Crippen MR) is 65.8 cm³/mol. The van der Waals surface area contributed by atoms with Gasteiger partial charge in [-0.3, -0.25) is 0 Å². The molecule has 0 aromatic carbocycles. The van der Waals surface area contributed by atoms with Gasteiger partial charge in [-0.15, -0.1) is 0 Å². The van der Waals surface area contributed by atoms with Crippen LogP contribution >= 0.6 is 15.9 Å². The molecule has 0 amide bonds. The van der Waals surface area contributed by atoms with Gasteiger partial charge in [-0.2, -0.15) is 0 Å². The standard InChI is InChI=1S/C11H21BrN2/c1-3-6-14-7-4-11(5-8-14)13-9-10(2)12/h11,13H,2-9H2,1H3. The SMILES string of the molecule is C=C(Br)CNC1CCN(CCC)CC1. The Morgan fingerprint density at radius 1 is 1.50 bits per heavy atom. The molecule has 1 aliphatic rings. The summed E-state index contributed by atoms with van der Waals surface area (Å²) >= 11 is 3.37. The smallest absolute Gasteiger partial charge is 0.0268 e. The zero-order valence-electron chi connectivity index (χ0n) is 9.06. The van der Waals surface area contributed by atoms with Crippen LogP contribution < -0.4 is 5.32 Å². The van der Waals surface area contributed by atoms with E-state index >= 15 is 0 Å². The maximum Gasteiger partial charge on any atom is 0.0268 e. The zero-order valence-corrected chi connectivity index (χ0v) is 10.6. The lowest BCUT2D eigenvalue weighted by Gasteiger charge is -2.32. The average molecular weight is 261 g/mol. The van der Waals surface area contributed by atoms with E-state index in [0.29, 0.717) is 6.04 Å². The molecule has 0 saturated carbocycles. The van der Waals surface area contributed by atoms with Crippen LogP contribution in [0, 0.1) is 0 Å². The molecule has 0 unspecified atom stereocenters. The molecule has 1 aliphatic heterocycles. The quantitative estimate of drug-likeness (QED) is 0.817. The molecule has 2 nitrogen and oxygen atoms in total. The summed E-state index contributed by atoms with van der Waals surface area (Å²) in [6, 6.07) is 0.692. The minimum Gasteiger partial charge on any atom is -0.309 e. The number of hydrogen-bond donors (Lipinski definition) is 1. The normalized spacial score (nSPS) is 19.9. The van der Waals surface area contributed by atoms with Gasteiger partial charge < -0.3 is 10.2 Å². The second kappa shape index (κ2) is 6.59. The lowest BCUT2D eigenvalue weighted by Crippen LogP contribution is -2.42. The first kappa shape index (κ1) is 12.2. The molecule has 1 heterocycles. The minimum atomic E-state index is 0.692. The van der Waals surface area contributed by atoms with Gasteiger partial charge in [-0.25, -0.2) is 0 Å². The second-order valence-electron chi connectivity index (χ2n) is 4.01. The van der Waals surface area contributed by atoms with Crippen molar-refractivity contribution in [3.05, 3.63) is 11.1 Å². The highest BCUT2D eigenvalue weighted by Crippen LogP contribution is 2.11. The minimum absolute atomic E-state index is 0.692. The lowest BCUT2D eigenvalue weighted by atomic mass is 10.1. The van der Waals surface area contributed by atoms with Gasteiger partial charge in [0.05, 0.1) is 0 Å². The van der Waals surface area contributed by atoms with Crippen molar-refractivity contribution >= 4 is 15.9 Å². The summed E-state index contributed by atoms with van der Waals surface area (Å²) in [7, 11) is 0. The molecule has 3 heteroatoms. The lowest BCUT2D eigenvalue weighted by molar-refractivity contribution is 0.200. The molecule has 0 radical (unpaired) electrons. The van der Waals surface area contributed by atoms with E-state index < -0.39 is 0 Å². The number of halogens is 1. The first-order chi connectivity index (χ1) is 6.72. The number of nitrogens with zero attached hydrogens (tertiary/aromatic N) is 1. The predicted octanol–water partition coefficient (Wildman–Crippen LogP) is 2.36. The van der Waals surface area contributed by atoms with Crippen molar-refractivity contribution in [3.63, 3.8) is 0 Å². The van der Waals surface area contributed by atoms with Crippen LogP contribution in [0.15, 0.2) is 11.1 Å². The maximum atomic E-state index is 3.83. The van der Waals surface area contributed by atoms with E-state index in [-0.39, 0.29) is 0 Å². The Hall–Kier alpha value is 0.140. The Morgan fingerprint density at radius 2 is 2.14 bits per heavy atom. The van der Waals surface area contributed by atoms with Gasteiger partial charge in [0, 0.05) is 17.1 Å². The van der Waals surface area contributed by atoms with Crippen LogP contribution in [0.5, 0.6) is 0 Å². The maximum absolute atomic E-state index is 3.83. The van der Waals surface area contributed by atoms with Crippen LogP contribution in [0.25, 0.3) is 0 Å². The second-order valence-corrected chi connectivity index (χ2v) is 5.14. The average Bonchev–Trinajstić information content (AvgIpc) is 2.17. The van der Waals surface area contributed by atoms with E-state index in [1.165, 1.54) is 38.9 Å². The van der Waals surface area contributed by atoms with Gasteiger partial charge in [0.15, 0.2) is 0 Å². The van der Waals surface area contributed by atoms with Crippen molar-refractivity contribution in [3.8, 4) is 0 Å². The summed E-state index contributed by atoms with van der Waals surface area (Å²) in [6.07, 6.45) is 3.83. The highest BCUT2D eigenvalue weighted by Gasteiger charge is 2.17. The Morgan fingerprint density at radius 3 is 2.64 bits per heavy atom. The Labute approximate surface area is 95.9 Å². The molecule has 0 aliphatic carbocycles. The molecule has 1 rings (SSSR count). The third-order valence-corrected chi connectivity index (χ3v) is 2.99. The highest BCUT2D eigenvalue weighted by atomic mass is 79.9. The topological polar surface area (TPSA) is 15.3 Å². The molecule has 0 spiro atoms. The van der Waals surface area contributed by atoms with Crippen molar-refractivity contribution in [1.29, 1.82) is 0 Å². The number of rotatable bonds is 5. The summed E-state index contributed by atoms with van der Waals surface area (Å²) < 4.78 is 1.05. The van der Waals surface area contributed by atoms with Crippen molar-refractivity contribution in [1.82, 2.24) is 10.2 Å². The molecule has 82 valence electrons. The molecule has 1 fully saturated rings. The van der Waals surface area contributed by atoms with Gasteiger partial charge in [-0.1, -0.05) is 29.4 Å². The van der Waals surface area contributed by atoms with Gasteiger partial charge in [-0.05, 0) is 38.9 Å². The largest absolute Gasteiger partial charge is 0.309 e. The van der Waals surface area contributed by atoms with E-state index in [4.69, 9.17) is 0 Å². The van der Waals surface area contributed by atoms with Crippen LogP contribution in [-0.4, -0.2) is 37.1 Å². The van der Waals surface area contributed by atoms with Crippen LogP contribution in [-0.2, 0) is 0 Å². The fourth-order valence-electron chi connectivity index (χ4n) is 1.93. The summed E-state index contributed by atoms with van der Waals surface area (Å²) in [4.78, 5) is 2.56. The van der Waals surface area contributed by atoms with Crippen LogP contribution in [0.4, 0.5) is 0 Å². The first-order valence-corrected chi connectivity index (χ1v) is 6.30. The van der Waals surface area contributed by atoms with Crippen LogP contribution in [0.3, 0.4) is 0 Å². The van der Waals surface area contributed by atoms with E-state index in [1.54, 1.807) is 0 Å². The summed E-state index contributed by atoms with van der Waals surface area (Å²) in [5, 5.41) is 3.51. The Kier molecular flexibility index (Phi) is 5.75. The number of nitrogens with one attached hydrogen (secondary N) is 1. The molecular weight excluding hydrogens is 240 g/mol. The van der Waals surface area contributed by atoms with Crippen molar-refractivity contribution < 1.29 is 0 Å². The molecule has 0 bridgehead atoms. The van der Waals surface area contributed by atoms with Crippen molar-refractivity contribution in [2.75, 3.05) is 26.2 Å². The summed E-state index contributed by atoms with van der Waals surface area (Å²) in [5.41, 5.74) is 0. The zero-order chi connectivity index (χ0) is 10.4. The third kappa shape index (κ3) is 4.58. The van der Waals surface area contributed by atoms with Crippen molar-refractivity contribution in [2.45, 2.75) is 32.2 Å². The van der Waals surface area contributed by atoms with Crippen LogP contribution in [0.1, 0.15) is 26.2 Å². The number of likely N-dealkylation sites (tertiary alicyclic amines) is 1. The molecule has 1 N–H and O–H groups in total. The van der Waals surface area contributed by atoms with E-state index in [2.05, 4.69) is 39.6 Å². The summed E-state index contributed by atoms with van der Waals surface area (Å²) in [5.74, 6) is 0. The fraction of sp³-hybridized carbons (Fsp3) is 0.818.